The van der Waals surface area contributed by atoms with E-state index in [1.807, 2.05) is 6.07 Å². The average Bonchev–Trinajstić information content (AvgIpc) is 2.50. The summed E-state index contributed by atoms with van der Waals surface area (Å²) in [5, 5.41) is 0.736. The van der Waals surface area contributed by atoms with E-state index in [4.69, 9.17) is 23.2 Å². The molecule has 0 aliphatic rings. The fraction of sp³-hybridized carbons (Fsp3) is 0.357. The Bertz CT molecular complexity index is 709. The van der Waals surface area contributed by atoms with Gasteiger partial charge in [-0.05, 0) is 18.2 Å². The molecule has 0 aromatic carbocycles. The Hall–Kier alpha value is -1.59. The van der Waals surface area contributed by atoms with Gasteiger partial charge in [0.05, 0.1) is 0 Å². The third-order valence-corrected chi connectivity index (χ3v) is 3.53. The van der Waals surface area contributed by atoms with Crippen LogP contribution in [0, 0.1) is 0 Å². The van der Waals surface area contributed by atoms with Crippen molar-refractivity contribution in [2.45, 2.75) is 0 Å². The van der Waals surface area contributed by atoms with Crippen LogP contribution in [0.4, 0.5) is 0 Å². The van der Waals surface area contributed by atoms with E-state index in [1.165, 1.54) is 9.47 Å². The highest BCUT2D eigenvalue weighted by molar-refractivity contribution is 6.18. The summed E-state index contributed by atoms with van der Waals surface area (Å²) >= 11 is 11.4. The van der Waals surface area contributed by atoms with Crippen LogP contribution in [0.2, 0.25) is 0 Å². The van der Waals surface area contributed by atoms with Crippen LogP contribution in [0.3, 0.4) is 0 Å². The zero-order valence-corrected chi connectivity index (χ0v) is 13.1. The van der Waals surface area contributed by atoms with Crippen molar-refractivity contribution in [3.8, 4) is 0 Å². The van der Waals surface area contributed by atoms with Crippen molar-refractivity contribution in [2.24, 2.45) is 7.05 Å². The lowest BCUT2D eigenvalue weighted by atomic mass is 10.2. The molecule has 2 aromatic heterocycles. The fourth-order valence-electron chi connectivity index (χ4n) is 2.14. The topological polar surface area (TPSA) is 55.2 Å². The van der Waals surface area contributed by atoms with Crippen molar-refractivity contribution in [2.75, 3.05) is 24.8 Å². The van der Waals surface area contributed by atoms with Gasteiger partial charge >= 0.3 is 0 Å². The summed E-state index contributed by atoms with van der Waals surface area (Å²) in [5.74, 6) is 0.221. The van der Waals surface area contributed by atoms with E-state index in [0.29, 0.717) is 18.7 Å². The monoisotopic (exact) mass is 327 g/mol. The molecule has 0 aliphatic heterocycles. The van der Waals surface area contributed by atoms with E-state index in [2.05, 4.69) is 4.98 Å². The van der Waals surface area contributed by atoms with Gasteiger partial charge in [0.2, 0.25) is 0 Å². The van der Waals surface area contributed by atoms with E-state index in [-0.39, 0.29) is 28.8 Å². The van der Waals surface area contributed by atoms with Crippen LogP contribution < -0.4 is 5.56 Å². The Morgan fingerprint density at radius 3 is 2.62 bits per heavy atom. The molecule has 0 saturated carbocycles. The molecule has 2 aromatic rings. The standard InChI is InChI=1S/C14H15Cl2N3O2/c1-18-12-10(3-2-6-17-12)9-11(13(18)20)14(21)19(7-4-15)8-5-16/h2-3,6,9H,4-5,7-8H2,1H3. The van der Waals surface area contributed by atoms with Gasteiger partial charge in [0.15, 0.2) is 0 Å². The molecule has 0 radical (unpaired) electrons. The molecule has 0 fully saturated rings. The molecule has 0 atom stereocenters. The molecule has 21 heavy (non-hydrogen) atoms. The minimum atomic E-state index is -0.375. The zero-order chi connectivity index (χ0) is 15.4. The molecule has 112 valence electrons. The Labute approximate surface area is 132 Å². The number of aromatic nitrogens is 2. The number of carbonyl (C=O) groups is 1. The first-order valence-electron chi connectivity index (χ1n) is 6.46. The van der Waals surface area contributed by atoms with Crippen molar-refractivity contribution >= 4 is 40.1 Å². The highest BCUT2D eigenvalue weighted by Gasteiger charge is 2.20. The maximum absolute atomic E-state index is 12.5. The van der Waals surface area contributed by atoms with Gasteiger partial charge in [-0.3, -0.25) is 14.2 Å². The SMILES string of the molecule is Cn1c(=O)c(C(=O)N(CCCl)CCCl)cc2cccnc21. The smallest absolute Gasteiger partial charge is 0.264 e. The summed E-state index contributed by atoms with van der Waals surface area (Å²) in [6, 6.07) is 5.14. The summed E-state index contributed by atoms with van der Waals surface area (Å²) in [6.07, 6.45) is 1.61. The molecule has 0 saturated heterocycles. The van der Waals surface area contributed by atoms with E-state index < -0.39 is 0 Å². The van der Waals surface area contributed by atoms with Crippen molar-refractivity contribution in [3.63, 3.8) is 0 Å². The molecule has 0 N–H and O–H groups in total. The van der Waals surface area contributed by atoms with E-state index in [0.717, 1.165) is 5.39 Å². The van der Waals surface area contributed by atoms with E-state index in [9.17, 15) is 9.59 Å². The van der Waals surface area contributed by atoms with Crippen molar-refractivity contribution in [1.29, 1.82) is 0 Å². The molecule has 0 bridgehead atoms. The summed E-state index contributed by atoms with van der Waals surface area (Å²) in [4.78, 5) is 30.5. The lowest BCUT2D eigenvalue weighted by molar-refractivity contribution is 0.0773. The van der Waals surface area contributed by atoms with Crippen LogP contribution in [0.5, 0.6) is 0 Å². The maximum atomic E-state index is 12.5. The molecule has 1 amide bonds. The van der Waals surface area contributed by atoms with Gasteiger partial charge in [-0.1, -0.05) is 0 Å². The molecule has 0 spiro atoms. The second-order valence-corrected chi connectivity index (χ2v) is 5.26. The van der Waals surface area contributed by atoms with Crippen LogP contribution in [-0.4, -0.2) is 45.2 Å². The predicted molar refractivity (Wildman–Crippen MR) is 84.3 cm³/mol. The summed E-state index contributed by atoms with van der Waals surface area (Å²) in [7, 11) is 1.60. The summed E-state index contributed by atoms with van der Waals surface area (Å²) in [6.45, 7) is 0.697. The van der Waals surface area contributed by atoms with Gasteiger partial charge in [0.1, 0.15) is 11.2 Å². The molecular formula is C14H15Cl2N3O2. The number of hydrogen-bond acceptors (Lipinski definition) is 3. The van der Waals surface area contributed by atoms with Crippen LogP contribution in [0.1, 0.15) is 10.4 Å². The maximum Gasteiger partial charge on any atom is 0.264 e. The number of rotatable bonds is 5. The third-order valence-electron chi connectivity index (χ3n) is 3.20. The number of pyridine rings is 2. The number of hydrogen-bond donors (Lipinski definition) is 0. The van der Waals surface area contributed by atoms with Gasteiger partial charge in [-0.2, -0.15) is 0 Å². The van der Waals surface area contributed by atoms with Gasteiger partial charge < -0.3 is 4.90 Å². The third kappa shape index (κ3) is 3.19. The lowest BCUT2D eigenvalue weighted by Gasteiger charge is -2.20. The van der Waals surface area contributed by atoms with Gasteiger partial charge in [-0.25, -0.2) is 4.98 Å². The van der Waals surface area contributed by atoms with Crippen molar-refractivity contribution in [3.05, 3.63) is 40.3 Å². The first-order chi connectivity index (χ1) is 10.1. The molecule has 0 unspecified atom stereocenters. The van der Waals surface area contributed by atoms with E-state index >= 15 is 0 Å². The lowest BCUT2D eigenvalue weighted by Crippen LogP contribution is -2.38. The molecule has 2 heterocycles. The van der Waals surface area contributed by atoms with Crippen LogP contribution >= 0.6 is 23.2 Å². The highest BCUT2D eigenvalue weighted by Crippen LogP contribution is 2.11. The number of halogens is 2. The normalized spacial score (nSPS) is 10.8. The second-order valence-electron chi connectivity index (χ2n) is 4.51. The molecule has 2 rings (SSSR count). The first-order valence-corrected chi connectivity index (χ1v) is 7.53. The largest absolute Gasteiger partial charge is 0.336 e. The Morgan fingerprint density at radius 2 is 2.00 bits per heavy atom. The number of nitrogens with zero attached hydrogens (tertiary/aromatic N) is 3. The fourth-order valence-corrected chi connectivity index (χ4v) is 2.55. The second kappa shape index (κ2) is 6.91. The molecule has 0 aliphatic carbocycles. The Balaban J connectivity index is 2.52. The average molecular weight is 328 g/mol. The highest BCUT2D eigenvalue weighted by atomic mass is 35.5. The van der Waals surface area contributed by atoms with Gasteiger partial charge in [0, 0.05) is 43.5 Å². The molecule has 7 heteroatoms. The summed E-state index contributed by atoms with van der Waals surface area (Å²) < 4.78 is 1.38. The summed E-state index contributed by atoms with van der Waals surface area (Å²) in [5.41, 5.74) is 0.272. The zero-order valence-electron chi connectivity index (χ0n) is 11.6. The minimum Gasteiger partial charge on any atom is -0.336 e. The number of amides is 1. The van der Waals surface area contributed by atoms with Crippen LogP contribution in [-0.2, 0) is 7.05 Å². The van der Waals surface area contributed by atoms with Gasteiger partial charge in [-0.15, -0.1) is 23.2 Å². The number of fused-ring (bicyclic) bond motifs is 1. The Morgan fingerprint density at radius 1 is 1.33 bits per heavy atom. The number of aryl methyl sites for hydroxylation is 1. The van der Waals surface area contributed by atoms with Crippen LogP contribution in [0.15, 0.2) is 29.2 Å². The molecule has 5 nitrogen and oxygen atoms in total. The van der Waals surface area contributed by atoms with Crippen molar-refractivity contribution in [1.82, 2.24) is 14.5 Å². The number of alkyl halides is 2. The predicted octanol–water partition coefficient (Wildman–Crippen LogP) is 1.85. The van der Waals surface area contributed by atoms with Gasteiger partial charge in [0.25, 0.3) is 11.5 Å². The molecular weight excluding hydrogens is 313 g/mol. The first kappa shape index (κ1) is 15.8. The number of carbonyl (C=O) groups excluding carboxylic acids is 1. The quantitative estimate of drug-likeness (QED) is 0.787. The minimum absolute atomic E-state index is 0.105. The van der Waals surface area contributed by atoms with Crippen LogP contribution in [0.25, 0.3) is 11.0 Å². The Kier molecular flexibility index (Phi) is 5.20. The van der Waals surface area contributed by atoms with Crippen molar-refractivity contribution < 1.29 is 4.79 Å². The van der Waals surface area contributed by atoms with E-state index in [1.54, 1.807) is 25.4 Å².